The van der Waals surface area contributed by atoms with Gasteiger partial charge in [-0.25, -0.2) is 4.99 Å². The summed E-state index contributed by atoms with van der Waals surface area (Å²) in [5, 5.41) is 19.4. The zero-order chi connectivity index (χ0) is 23.0. The number of guanidine groups is 1. The smallest absolute Gasteiger partial charge is 0.225 e. The number of anilines is 1. The molecule has 0 bridgehead atoms. The van der Waals surface area contributed by atoms with Crippen molar-refractivity contribution in [2.24, 2.45) is 4.99 Å². The number of para-hydroxylation sites is 1. The number of carbonyl (C=O) groups is 1. The number of likely N-dealkylation sites (tertiary alicyclic amines) is 1. The highest BCUT2D eigenvalue weighted by Gasteiger charge is 2.24. The molecule has 7 nitrogen and oxygen atoms in total. The van der Waals surface area contributed by atoms with Crippen LogP contribution in [-0.4, -0.2) is 54.2 Å². The molecule has 1 amide bonds. The van der Waals surface area contributed by atoms with Crippen molar-refractivity contribution in [2.45, 2.75) is 51.3 Å². The van der Waals surface area contributed by atoms with E-state index < -0.39 is 0 Å². The van der Waals surface area contributed by atoms with Crippen LogP contribution in [0.2, 0.25) is 0 Å². The first-order chi connectivity index (χ1) is 16.1. The van der Waals surface area contributed by atoms with Crippen LogP contribution in [0, 0.1) is 0 Å². The Kier molecular flexibility index (Phi) is 7.96. The number of carbonyl (C=O) groups excluding carboxylic acids is 1. The van der Waals surface area contributed by atoms with Crippen molar-refractivity contribution in [3.63, 3.8) is 0 Å². The molecule has 2 aliphatic rings. The summed E-state index contributed by atoms with van der Waals surface area (Å²) < 4.78 is 0. The lowest BCUT2D eigenvalue weighted by Gasteiger charge is -2.29. The van der Waals surface area contributed by atoms with E-state index in [-0.39, 0.29) is 17.9 Å². The summed E-state index contributed by atoms with van der Waals surface area (Å²) in [4.78, 5) is 19.2. The Labute approximate surface area is 196 Å². The Bertz CT molecular complexity index is 951. The van der Waals surface area contributed by atoms with Crippen molar-refractivity contribution < 1.29 is 9.90 Å². The van der Waals surface area contributed by atoms with Gasteiger partial charge in [0.25, 0.3) is 0 Å². The molecule has 176 valence electrons. The number of hydrogen-bond acceptors (Lipinski definition) is 4. The third kappa shape index (κ3) is 6.55. The summed E-state index contributed by atoms with van der Waals surface area (Å²) in [6.45, 7) is 6.91. The fraction of sp³-hybridized carbons (Fsp3) is 0.462. The van der Waals surface area contributed by atoms with Crippen LogP contribution in [0.1, 0.15) is 48.8 Å². The molecular formula is C26H35N5O2. The van der Waals surface area contributed by atoms with Gasteiger partial charge in [-0.1, -0.05) is 42.5 Å². The molecule has 1 saturated heterocycles. The Morgan fingerprint density at radius 1 is 1.09 bits per heavy atom. The maximum Gasteiger partial charge on any atom is 0.225 e. The number of fused-ring (bicyclic) bond motifs is 1. The van der Waals surface area contributed by atoms with E-state index in [9.17, 15) is 9.90 Å². The summed E-state index contributed by atoms with van der Waals surface area (Å²) in [5.74, 6) is 0.939. The van der Waals surface area contributed by atoms with Gasteiger partial charge >= 0.3 is 0 Å². The minimum Gasteiger partial charge on any atom is -0.393 e. The highest BCUT2D eigenvalue weighted by atomic mass is 16.3. The van der Waals surface area contributed by atoms with E-state index in [0.717, 1.165) is 56.2 Å². The molecule has 0 radical (unpaired) electrons. The molecule has 0 saturated carbocycles. The van der Waals surface area contributed by atoms with E-state index >= 15 is 0 Å². The molecule has 0 spiro atoms. The van der Waals surface area contributed by atoms with Crippen molar-refractivity contribution in [3.8, 4) is 0 Å². The first kappa shape index (κ1) is 23.3. The second kappa shape index (κ2) is 11.3. The summed E-state index contributed by atoms with van der Waals surface area (Å²) in [5.41, 5.74) is 4.52. The van der Waals surface area contributed by atoms with Crippen LogP contribution >= 0.6 is 0 Å². The predicted molar refractivity (Wildman–Crippen MR) is 132 cm³/mol. The quantitative estimate of drug-likeness (QED) is 0.386. The third-order valence-electron chi connectivity index (χ3n) is 6.37. The van der Waals surface area contributed by atoms with Crippen LogP contribution in [0.3, 0.4) is 0 Å². The number of aliphatic hydroxyl groups is 1. The minimum atomic E-state index is -0.133. The number of aliphatic hydroxyl groups excluding tert-OH is 1. The van der Waals surface area contributed by atoms with E-state index in [2.05, 4.69) is 58.1 Å². The van der Waals surface area contributed by atoms with Crippen LogP contribution in [0.15, 0.2) is 53.5 Å². The first-order valence-electron chi connectivity index (χ1n) is 12.0. The summed E-state index contributed by atoms with van der Waals surface area (Å²) in [6, 6.07) is 16.6. The largest absolute Gasteiger partial charge is 0.393 e. The number of nitrogens with zero attached hydrogens (tertiary/aromatic N) is 2. The van der Waals surface area contributed by atoms with Gasteiger partial charge in [-0.3, -0.25) is 9.69 Å². The number of piperidine rings is 1. The number of benzene rings is 2. The number of nitrogens with one attached hydrogen (secondary N) is 3. The van der Waals surface area contributed by atoms with Gasteiger partial charge in [0.2, 0.25) is 5.91 Å². The van der Waals surface area contributed by atoms with E-state index in [1.165, 1.54) is 11.1 Å². The molecule has 2 heterocycles. The van der Waals surface area contributed by atoms with Crippen LogP contribution in [0.5, 0.6) is 0 Å². The van der Waals surface area contributed by atoms with Gasteiger partial charge < -0.3 is 21.1 Å². The maximum absolute atomic E-state index is 12.1. The van der Waals surface area contributed by atoms with Gasteiger partial charge in [0.05, 0.1) is 12.6 Å². The van der Waals surface area contributed by atoms with Gasteiger partial charge in [0, 0.05) is 50.7 Å². The molecule has 1 fully saturated rings. The minimum absolute atomic E-state index is 0.0586. The van der Waals surface area contributed by atoms with E-state index in [1.54, 1.807) is 0 Å². The SMILES string of the molecule is CCNC(=NCc1ccc(CN2CCC(O)CC2)cc1)NCC1CC(=O)Nc2ccccc21. The normalized spacial score (nSPS) is 19.6. The van der Waals surface area contributed by atoms with Crippen molar-refractivity contribution in [1.82, 2.24) is 15.5 Å². The van der Waals surface area contributed by atoms with Gasteiger partial charge in [0.15, 0.2) is 5.96 Å². The number of hydrogen-bond donors (Lipinski definition) is 4. The highest BCUT2D eigenvalue weighted by Crippen LogP contribution is 2.31. The van der Waals surface area contributed by atoms with Crippen LogP contribution in [0.25, 0.3) is 0 Å². The van der Waals surface area contributed by atoms with Gasteiger partial charge in [-0.2, -0.15) is 0 Å². The second-order valence-electron chi connectivity index (χ2n) is 8.94. The lowest BCUT2D eigenvalue weighted by molar-refractivity contribution is -0.116. The molecule has 0 aromatic heterocycles. The standard InChI is InChI=1S/C26H35N5O2/c1-2-27-26(29-17-21-15-25(33)30-24-6-4-3-5-23(21)24)28-16-19-7-9-20(10-8-19)18-31-13-11-22(32)12-14-31/h3-10,21-22,32H,2,11-18H2,1H3,(H,30,33)(H2,27,28,29). The summed E-state index contributed by atoms with van der Waals surface area (Å²) >= 11 is 0. The van der Waals surface area contributed by atoms with Crippen LogP contribution in [-0.2, 0) is 17.9 Å². The lowest BCUT2D eigenvalue weighted by Crippen LogP contribution is -2.40. The zero-order valence-electron chi connectivity index (χ0n) is 19.4. The molecule has 4 N–H and O–H groups in total. The van der Waals surface area contributed by atoms with E-state index in [4.69, 9.17) is 4.99 Å². The topological polar surface area (TPSA) is 89.0 Å². The predicted octanol–water partition coefficient (Wildman–Crippen LogP) is 2.82. The number of amides is 1. The average molecular weight is 450 g/mol. The van der Waals surface area contributed by atoms with Crippen molar-refractivity contribution in [1.29, 1.82) is 0 Å². The molecule has 2 aromatic rings. The molecule has 2 aliphatic heterocycles. The monoisotopic (exact) mass is 449 g/mol. The fourth-order valence-corrected chi connectivity index (χ4v) is 4.50. The number of aliphatic imine (C=N–C) groups is 1. The van der Waals surface area contributed by atoms with Gasteiger partial charge in [-0.15, -0.1) is 0 Å². The van der Waals surface area contributed by atoms with Gasteiger partial charge in [0.1, 0.15) is 0 Å². The molecule has 2 aromatic carbocycles. The molecule has 7 heteroatoms. The third-order valence-corrected chi connectivity index (χ3v) is 6.37. The summed E-state index contributed by atoms with van der Waals surface area (Å²) in [7, 11) is 0. The van der Waals surface area contributed by atoms with Crippen molar-refractivity contribution >= 4 is 17.6 Å². The maximum atomic E-state index is 12.1. The molecule has 1 unspecified atom stereocenters. The molecule has 33 heavy (non-hydrogen) atoms. The summed E-state index contributed by atoms with van der Waals surface area (Å²) in [6.07, 6.45) is 2.07. The van der Waals surface area contributed by atoms with Gasteiger partial charge in [-0.05, 0) is 42.5 Å². The Morgan fingerprint density at radius 2 is 1.82 bits per heavy atom. The Balaban J connectivity index is 1.32. The average Bonchev–Trinajstić information content (AvgIpc) is 2.83. The first-order valence-corrected chi connectivity index (χ1v) is 12.0. The fourth-order valence-electron chi connectivity index (χ4n) is 4.50. The van der Waals surface area contributed by atoms with Crippen LogP contribution < -0.4 is 16.0 Å². The van der Waals surface area contributed by atoms with Crippen molar-refractivity contribution in [2.75, 3.05) is 31.5 Å². The van der Waals surface area contributed by atoms with E-state index in [1.807, 2.05) is 18.2 Å². The zero-order valence-corrected chi connectivity index (χ0v) is 19.4. The number of rotatable bonds is 7. The van der Waals surface area contributed by atoms with Crippen molar-refractivity contribution in [3.05, 3.63) is 65.2 Å². The van der Waals surface area contributed by atoms with E-state index in [0.29, 0.717) is 19.5 Å². The Morgan fingerprint density at radius 3 is 2.58 bits per heavy atom. The molecule has 1 atom stereocenters. The Hall–Kier alpha value is -2.90. The lowest BCUT2D eigenvalue weighted by atomic mass is 9.90. The second-order valence-corrected chi connectivity index (χ2v) is 8.94. The molecular weight excluding hydrogens is 414 g/mol. The molecule has 0 aliphatic carbocycles. The van der Waals surface area contributed by atoms with Crippen LogP contribution in [0.4, 0.5) is 5.69 Å². The molecule has 4 rings (SSSR count). The highest BCUT2D eigenvalue weighted by molar-refractivity contribution is 5.94.